The summed E-state index contributed by atoms with van der Waals surface area (Å²) in [4.78, 5) is 38.0. The summed E-state index contributed by atoms with van der Waals surface area (Å²) in [5, 5.41) is 11.6. The number of amides is 3. The molecular weight excluding hydrogens is 274 g/mol. The van der Waals surface area contributed by atoms with E-state index in [1.807, 2.05) is 0 Å². The molecule has 2 fully saturated rings. The van der Waals surface area contributed by atoms with Crippen LogP contribution in [0.25, 0.3) is 0 Å². The Morgan fingerprint density at radius 3 is 2.29 bits per heavy atom. The lowest BCUT2D eigenvalue weighted by atomic mass is 9.96. The molecule has 0 aromatic heterocycles. The van der Waals surface area contributed by atoms with Crippen LogP contribution in [0.4, 0.5) is 4.79 Å². The molecule has 1 saturated carbocycles. The number of aliphatic carboxylic acids is 1. The second-order valence-corrected chi connectivity index (χ2v) is 5.88. The topological polar surface area (TPSA) is 90.0 Å². The predicted octanol–water partition coefficient (Wildman–Crippen LogP) is 0.361. The highest BCUT2D eigenvalue weighted by atomic mass is 16.4. The summed E-state index contributed by atoms with van der Waals surface area (Å²) in [6.07, 6.45) is 3.41. The molecule has 1 aliphatic heterocycles. The number of nitrogens with zero attached hydrogens (tertiary/aromatic N) is 2. The molecule has 0 aromatic rings. The lowest BCUT2D eigenvalue weighted by molar-refractivity contribution is -0.137. The van der Waals surface area contributed by atoms with Crippen molar-refractivity contribution >= 4 is 17.9 Å². The third kappa shape index (κ3) is 4.34. The van der Waals surface area contributed by atoms with E-state index < -0.39 is 5.97 Å². The van der Waals surface area contributed by atoms with Gasteiger partial charge in [0.2, 0.25) is 5.91 Å². The van der Waals surface area contributed by atoms with Gasteiger partial charge in [0.1, 0.15) is 6.54 Å². The summed E-state index contributed by atoms with van der Waals surface area (Å²) < 4.78 is 0. The standard InChI is InChI=1S/C14H23N3O4/c1-15-13(20)11-4-6-16(7-5-11)14(21)17(9-12(18)19)8-10-2-3-10/h10-11H,2-9H2,1H3,(H,15,20)(H,18,19). The van der Waals surface area contributed by atoms with Gasteiger partial charge in [0.25, 0.3) is 0 Å². The van der Waals surface area contributed by atoms with E-state index in [-0.39, 0.29) is 24.4 Å². The molecule has 118 valence electrons. The number of carboxylic acids is 1. The highest BCUT2D eigenvalue weighted by molar-refractivity contribution is 5.81. The SMILES string of the molecule is CNC(=O)C1CCN(C(=O)N(CC(=O)O)CC2CC2)CC1. The number of nitrogens with one attached hydrogen (secondary N) is 1. The second-order valence-electron chi connectivity index (χ2n) is 5.88. The van der Waals surface area contributed by atoms with Gasteiger partial charge in [-0.15, -0.1) is 0 Å². The molecule has 2 N–H and O–H groups in total. The van der Waals surface area contributed by atoms with Crippen molar-refractivity contribution in [2.24, 2.45) is 11.8 Å². The van der Waals surface area contributed by atoms with Crippen LogP contribution < -0.4 is 5.32 Å². The quantitative estimate of drug-likeness (QED) is 0.766. The van der Waals surface area contributed by atoms with Gasteiger partial charge in [-0.3, -0.25) is 9.59 Å². The van der Waals surface area contributed by atoms with Gasteiger partial charge in [-0.25, -0.2) is 4.79 Å². The van der Waals surface area contributed by atoms with Gasteiger partial charge in [-0.1, -0.05) is 0 Å². The van der Waals surface area contributed by atoms with Gasteiger partial charge in [-0.2, -0.15) is 0 Å². The van der Waals surface area contributed by atoms with Gasteiger partial charge < -0.3 is 20.2 Å². The zero-order chi connectivity index (χ0) is 15.4. The highest BCUT2D eigenvalue weighted by Crippen LogP contribution is 2.30. The monoisotopic (exact) mass is 297 g/mol. The van der Waals surface area contributed by atoms with Crippen molar-refractivity contribution in [2.75, 3.05) is 33.2 Å². The van der Waals surface area contributed by atoms with Crippen molar-refractivity contribution in [1.29, 1.82) is 0 Å². The van der Waals surface area contributed by atoms with Crippen LogP contribution in [-0.2, 0) is 9.59 Å². The largest absolute Gasteiger partial charge is 0.480 e. The Morgan fingerprint density at radius 2 is 1.81 bits per heavy atom. The van der Waals surface area contributed by atoms with Gasteiger partial charge in [0.15, 0.2) is 0 Å². The number of carbonyl (C=O) groups is 3. The Balaban J connectivity index is 1.88. The average Bonchev–Trinajstić information content (AvgIpc) is 3.28. The molecule has 2 rings (SSSR count). The first-order valence-corrected chi connectivity index (χ1v) is 7.48. The molecule has 1 aliphatic carbocycles. The Kier molecular flexibility index (Phi) is 5.03. The molecular formula is C14H23N3O4. The third-order valence-electron chi connectivity index (χ3n) is 4.15. The van der Waals surface area contributed by atoms with Crippen LogP contribution in [0.2, 0.25) is 0 Å². The summed E-state index contributed by atoms with van der Waals surface area (Å²) in [7, 11) is 1.62. The van der Waals surface area contributed by atoms with E-state index in [0.717, 1.165) is 12.8 Å². The van der Waals surface area contributed by atoms with E-state index in [4.69, 9.17) is 5.11 Å². The first-order chi connectivity index (χ1) is 10.0. The first kappa shape index (κ1) is 15.6. The molecule has 0 radical (unpaired) electrons. The van der Waals surface area contributed by atoms with Crippen molar-refractivity contribution in [3.05, 3.63) is 0 Å². The van der Waals surface area contributed by atoms with Crippen molar-refractivity contribution in [1.82, 2.24) is 15.1 Å². The zero-order valence-electron chi connectivity index (χ0n) is 12.4. The van der Waals surface area contributed by atoms with Gasteiger partial charge in [0, 0.05) is 32.6 Å². The molecule has 1 saturated heterocycles. The van der Waals surface area contributed by atoms with E-state index in [1.54, 1.807) is 11.9 Å². The maximum atomic E-state index is 12.4. The van der Waals surface area contributed by atoms with Crippen LogP contribution in [0.5, 0.6) is 0 Å². The second kappa shape index (κ2) is 6.78. The van der Waals surface area contributed by atoms with Crippen LogP contribution >= 0.6 is 0 Å². The summed E-state index contributed by atoms with van der Waals surface area (Å²) in [6, 6.07) is -0.209. The van der Waals surface area contributed by atoms with Gasteiger partial charge in [-0.05, 0) is 31.6 Å². The third-order valence-corrected chi connectivity index (χ3v) is 4.15. The van der Waals surface area contributed by atoms with Crippen molar-refractivity contribution < 1.29 is 19.5 Å². The van der Waals surface area contributed by atoms with Crippen LogP contribution in [0.15, 0.2) is 0 Å². The number of carbonyl (C=O) groups excluding carboxylic acids is 2. The van der Waals surface area contributed by atoms with E-state index in [2.05, 4.69) is 5.32 Å². The average molecular weight is 297 g/mol. The van der Waals surface area contributed by atoms with Crippen molar-refractivity contribution in [3.8, 4) is 0 Å². The van der Waals surface area contributed by atoms with E-state index in [0.29, 0.717) is 38.4 Å². The van der Waals surface area contributed by atoms with Gasteiger partial charge >= 0.3 is 12.0 Å². The predicted molar refractivity (Wildman–Crippen MR) is 75.7 cm³/mol. The fourth-order valence-electron chi connectivity index (χ4n) is 2.72. The fraction of sp³-hybridized carbons (Fsp3) is 0.786. The molecule has 3 amide bonds. The van der Waals surface area contributed by atoms with Crippen LogP contribution in [-0.4, -0.2) is 66.0 Å². The van der Waals surface area contributed by atoms with Crippen LogP contribution in [0.1, 0.15) is 25.7 Å². The molecule has 21 heavy (non-hydrogen) atoms. The number of rotatable bonds is 5. The molecule has 0 atom stereocenters. The minimum Gasteiger partial charge on any atom is -0.480 e. The van der Waals surface area contributed by atoms with E-state index >= 15 is 0 Å². The fourth-order valence-corrected chi connectivity index (χ4v) is 2.72. The minimum atomic E-state index is -0.982. The number of likely N-dealkylation sites (tertiary alicyclic amines) is 1. The number of hydrogen-bond donors (Lipinski definition) is 2. The van der Waals surface area contributed by atoms with Crippen LogP contribution in [0, 0.1) is 11.8 Å². The molecule has 0 aromatic carbocycles. The van der Waals surface area contributed by atoms with Crippen molar-refractivity contribution in [3.63, 3.8) is 0 Å². The minimum absolute atomic E-state index is 0.0162. The Morgan fingerprint density at radius 1 is 1.19 bits per heavy atom. The zero-order valence-corrected chi connectivity index (χ0v) is 12.4. The molecule has 7 heteroatoms. The maximum absolute atomic E-state index is 12.4. The van der Waals surface area contributed by atoms with Crippen molar-refractivity contribution in [2.45, 2.75) is 25.7 Å². The van der Waals surface area contributed by atoms with Gasteiger partial charge in [0.05, 0.1) is 0 Å². The number of piperidine rings is 1. The lowest BCUT2D eigenvalue weighted by Crippen LogP contribution is -2.50. The normalized spacial score (nSPS) is 19.2. The molecule has 0 bridgehead atoms. The summed E-state index contributed by atoms with van der Waals surface area (Å²) in [6.45, 7) is 1.31. The Hall–Kier alpha value is -1.79. The number of urea groups is 1. The molecule has 0 spiro atoms. The first-order valence-electron chi connectivity index (χ1n) is 7.48. The van der Waals surface area contributed by atoms with E-state index in [9.17, 15) is 14.4 Å². The molecule has 0 unspecified atom stereocenters. The number of hydrogen-bond acceptors (Lipinski definition) is 3. The summed E-state index contributed by atoms with van der Waals surface area (Å²) in [5.74, 6) is -0.557. The summed E-state index contributed by atoms with van der Waals surface area (Å²) >= 11 is 0. The smallest absolute Gasteiger partial charge is 0.323 e. The van der Waals surface area contributed by atoms with E-state index in [1.165, 1.54) is 4.90 Å². The Labute approximate surface area is 124 Å². The summed E-state index contributed by atoms with van der Waals surface area (Å²) in [5.41, 5.74) is 0. The molecule has 2 aliphatic rings. The Bertz CT molecular complexity index is 414. The highest BCUT2D eigenvalue weighted by Gasteiger charge is 2.33. The lowest BCUT2D eigenvalue weighted by Gasteiger charge is -2.34. The molecule has 1 heterocycles. The maximum Gasteiger partial charge on any atom is 0.323 e. The molecule has 7 nitrogen and oxygen atoms in total. The number of carboxylic acid groups (broad SMARTS) is 1. The van der Waals surface area contributed by atoms with Crippen LogP contribution in [0.3, 0.4) is 0 Å².